The number of aromatic hydroxyl groups is 1. The molecule has 1 aromatic carbocycles. The summed E-state index contributed by atoms with van der Waals surface area (Å²) in [5, 5.41) is 34.8. The fourth-order valence-corrected chi connectivity index (χ4v) is 9.45. The number of phenols is 1. The minimum atomic E-state index is -1.35. The summed E-state index contributed by atoms with van der Waals surface area (Å²) < 4.78 is 0. The Balaban J connectivity index is 1.44. The molecule has 1 aromatic heterocycles. The number of rotatable bonds is 1. The van der Waals surface area contributed by atoms with E-state index in [1.807, 2.05) is 12.1 Å². The van der Waals surface area contributed by atoms with Crippen molar-refractivity contribution < 1.29 is 20.1 Å². The molecule has 6 heteroatoms. The maximum absolute atomic E-state index is 12.7. The van der Waals surface area contributed by atoms with Gasteiger partial charge in [0.15, 0.2) is 0 Å². The van der Waals surface area contributed by atoms with Crippen LogP contribution in [0.2, 0.25) is 0 Å². The normalized spacial score (nSPS) is 42.7. The Hall–Kier alpha value is -1.76. The van der Waals surface area contributed by atoms with Crippen molar-refractivity contribution in [2.24, 2.45) is 28.6 Å². The van der Waals surface area contributed by atoms with Gasteiger partial charge in [-0.15, -0.1) is 11.3 Å². The standard InChI is InChI=1S/C26H31NO4S/c1-24-11-9-17-15(16(24)7-8-20(24)29)13-21(30)26(31)22-18(10-12-25(17,26)2)27-23(32-22)14-5-3-4-6-19(14)28/h3-6,15-17,21,28,30-31H,7-13H2,1-2H3/t15-,16-,17-,21-,24-,25+,26+/m0/s1. The second-order valence-corrected chi connectivity index (χ2v) is 12.0. The number of thiazole rings is 1. The topological polar surface area (TPSA) is 90.7 Å². The Kier molecular flexibility index (Phi) is 4.32. The molecule has 0 bridgehead atoms. The first kappa shape index (κ1) is 20.8. The number of hydrogen-bond donors (Lipinski definition) is 3. The first-order chi connectivity index (χ1) is 15.2. The van der Waals surface area contributed by atoms with Crippen molar-refractivity contribution in [3.05, 3.63) is 34.8 Å². The van der Waals surface area contributed by atoms with Crippen LogP contribution in [0.4, 0.5) is 0 Å². The number of Topliss-reactive ketones (excluding diaryl/α,β-unsaturated/α-hetero) is 1. The summed E-state index contributed by atoms with van der Waals surface area (Å²) in [6, 6.07) is 7.15. The monoisotopic (exact) mass is 453 g/mol. The third-order valence-electron chi connectivity index (χ3n) is 9.87. The van der Waals surface area contributed by atoms with Crippen LogP contribution in [0.1, 0.15) is 62.9 Å². The average molecular weight is 454 g/mol. The summed E-state index contributed by atoms with van der Waals surface area (Å²) in [7, 11) is 0. The molecule has 2 aromatic rings. The molecular weight excluding hydrogens is 422 g/mol. The third kappa shape index (κ3) is 2.41. The van der Waals surface area contributed by atoms with Crippen molar-refractivity contribution in [2.45, 2.75) is 70.5 Å². The molecule has 3 N–H and O–H groups in total. The number of aliphatic hydroxyl groups is 2. The van der Waals surface area contributed by atoms with Gasteiger partial charge in [0.2, 0.25) is 0 Å². The minimum Gasteiger partial charge on any atom is -0.507 e. The minimum absolute atomic E-state index is 0.176. The van der Waals surface area contributed by atoms with Crippen LogP contribution in [0.15, 0.2) is 24.3 Å². The zero-order valence-electron chi connectivity index (χ0n) is 18.7. The molecule has 4 aliphatic carbocycles. The Morgan fingerprint density at radius 2 is 1.88 bits per heavy atom. The van der Waals surface area contributed by atoms with E-state index in [-0.39, 0.29) is 23.0 Å². The molecular formula is C26H31NO4S. The van der Waals surface area contributed by atoms with Crippen molar-refractivity contribution in [3.63, 3.8) is 0 Å². The lowest BCUT2D eigenvalue weighted by molar-refractivity contribution is -0.247. The molecule has 32 heavy (non-hydrogen) atoms. The van der Waals surface area contributed by atoms with Crippen LogP contribution in [0.3, 0.4) is 0 Å². The van der Waals surface area contributed by atoms with Crippen molar-refractivity contribution in [2.75, 3.05) is 0 Å². The van der Waals surface area contributed by atoms with Crippen LogP contribution in [-0.2, 0) is 16.8 Å². The van der Waals surface area contributed by atoms with Crippen LogP contribution in [0.25, 0.3) is 10.6 Å². The van der Waals surface area contributed by atoms with Crippen molar-refractivity contribution >= 4 is 17.1 Å². The molecule has 0 amide bonds. The number of nitrogens with zero attached hydrogens (tertiary/aromatic N) is 1. The fraction of sp³-hybridized carbons (Fsp3) is 0.615. The van der Waals surface area contributed by atoms with E-state index in [9.17, 15) is 20.1 Å². The number of para-hydroxylation sites is 1. The Morgan fingerprint density at radius 1 is 1.09 bits per heavy atom. The predicted molar refractivity (Wildman–Crippen MR) is 122 cm³/mol. The number of aromatic nitrogens is 1. The molecule has 3 saturated carbocycles. The van der Waals surface area contributed by atoms with Gasteiger partial charge in [-0.25, -0.2) is 4.98 Å². The molecule has 0 aliphatic heterocycles. The smallest absolute Gasteiger partial charge is 0.139 e. The molecule has 4 aliphatic rings. The number of benzene rings is 1. The summed E-state index contributed by atoms with van der Waals surface area (Å²) in [5.74, 6) is 1.43. The van der Waals surface area contributed by atoms with Gasteiger partial charge in [-0.3, -0.25) is 4.79 Å². The third-order valence-corrected chi connectivity index (χ3v) is 11.1. The molecule has 0 radical (unpaired) electrons. The summed E-state index contributed by atoms with van der Waals surface area (Å²) in [4.78, 5) is 18.3. The average Bonchev–Trinajstić information content (AvgIpc) is 3.33. The number of carbonyl (C=O) groups excluding carboxylic acids is 1. The number of aliphatic hydroxyl groups excluding tert-OH is 1. The molecule has 0 spiro atoms. The van der Waals surface area contributed by atoms with E-state index in [1.165, 1.54) is 11.3 Å². The molecule has 6 rings (SSSR count). The van der Waals surface area contributed by atoms with Gasteiger partial charge >= 0.3 is 0 Å². The zero-order chi connectivity index (χ0) is 22.5. The Labute approximate surface area is 192 Å². The van der Waals surface area contributed by atoms with E-state index >= 15 is 0 Å². The van der Waals surface area contributed by atoms with Gasteiger partial charge in [0, 0.05) is 17.3 Å². The molecule has 170 valence electrons. The Morgan fingerprint density at radius 3 is 2.66 bits per heavy atom. The second kappa shape index (κ2) is 6.64. The van der Waals surface area contributed by atoms with Crippen LogP contribution in [0.5, 0.6) is 5.75 Å². The highest BCUT2D eigenvalue weighted by Crippen LogP contribution is 2.68. The van der Waals surface area contributed by atoms with Crippen LogP contribution in [-0.4, -0.2) is 32.2 Å². The summed E-state index contributed by atoms with van der Waals surface area (Å²) in [6.45, 7) is 4.30. The second-order valence-electron chi connectivity index (χ2n) is 11.0. The molecule has 3 fully saturated rings. The summed E-state index contributed by atoms with van der Waals surface area (Å²) >= 11 is 1.41. The zero-order valence-corrected chi connectivity index (χ0v) is 19.5. The van der Waals surface area contributed by atoms with Gasteiger partial charge in [-0.1, -0.05) is 26.0 Å². The first-order valence-electron chi connectivity index (χ1n) is 11.9. The van der Waals surface area contributed by atoms with E-state index in [0.717, 1.165) is 42.7 Å². The van der Waals surface area contributed by atoms with E-state index in [0.29, 0.717) is 35.1 Å². The van der Waals surface area contributed by atoms with Crippen molar-refractivity contribution in [1.82, 2.24) is 4.98 Å². The van der Waals surface area contributed by atoms with Gasteiger partial charge in [-0.2, -0.15) is 0 Å². The number of hydrogen-bond acceptors (Lipinski definition) is 6. The number of fused-ring (bicyclic) bond motifs is 7. The molecule has 0 saturated heterocycles. The number of phenolic OH excluding ortho intramolecular Hbond substituents is 1. The number of carbonyl (C=O) groups is 1. The van der Waals surface area contributed by atoms with E-state index in [4.69, 9.17) is 4.98 Å². The van der Waals surface area contributed by atoms with E-state index in [1.54, 1.807) is 12.1 Å². The maximum atomic E-state index is 12.7. The Bertz CT molecular complexity index is 1110. The SMILES string of the molecule is C[C@]12CC[C@H]3[C@@H](C[C@H](O)[C@@]4(O)c5sc(-c6ccccc6O)nc5CC[C@]34C)[C@@H]1CCC2=O. The van der Waals surface area contributed by atoms with Crippen molar-refractivity contribution in [1.29, 1.82) is 0 Å². The molecule has 7 atom stereocenters. The van der Waals surface area contributed by atoms with E-state index < -0.39 is 17.1 Å². The van der Waals surface area contributed by atoms with Crippen molar-refractivity contribution in [3.8, 4) is 16.3 Å². The van der Waals surface area contributed by atoms with Crippen LogP contribution >= 0.6 is 11.3 Å². The summed E-state index contributed by atoms with van der Waals surface area (Å²) in [6.07, 6.45) is 4.57. The van der Waals surface area contributed by atoms with Gasteiger partial charge in [0.1, 0.15) is 22.1 Å². The highest BCUT2D eigenvalue weighted by atomic mass is 32.1. The van der Waals surface area contributed by atoms with Gasteiger partial charge in [0.25, 0.3) is 0 Å². The number of aryl methyl sites for hydroxylation is 1. The number of ketones is 1. The van der Waals surface area contributed by atoms with E-state index in [2.05, 4.69) is 13.8 Å². The lowest BCUT2D eigenvalue weighted by Crippen LogP contribution is -2.65. The van der Waals surface area contributed by atoms with Gasteiger partial charge in [-0.05, 0) is 68.4 Å². The van der Waals surface area contributed by atoms with Gasteiger partial charge < -0.3 is 15.3 Å². The van der Waals surface area contributed by atoms with Crippen LogP contribution < -0.4 is 0 Å². The van der Waals surface area contributed by atoms with Crippen LogP contribution in [0, 0.1) is 28.6 Å². The lowest BCUT2D eigenvalue weighted by Gasteiger charge is -2.63. The fourth-order valence-electron chi connectivity index (χ4n) is 8.02. The lowest BCUT2D eigenvalue weighted by atomic mass is 9.43. The molecule has 0 unspecified atom stereocenters. The predicted octanol–water partition coefficient (Wildman–Crippen LogP) is 4.43. The highest BCUT2D eigenvalue weighted by molar-refractivity contribution is 7.15. The van der Waals surface area contributed by atoms with Gasteiger partial charge in [0.05, 0.1) is 22.2 Å². The molecule has 1 heterocycles. The molecule has 5 nitrogen and oxygen atoms in total. The quantitative estimate of drug-likeness (QED) is 0.594. The summed E-state index contributed by atoms with van der Waals surface area (Å²) in [5.41, 5.74) is -0.550. The maximum Gasteiger partial charge on any atom is 0.139 e. The highest BCUT2D eigenvalue weighted by Gasteiger charge is 2.68. The largest absolute Gasteiger partial charge is 0.507 e. The first-order valence-corrected chi connectivity index (χ1v) is 12.7.